The van der Waals surface area contributed by atoms with Crippen LogP contribution in [0.2, 0.25) is 0 Å². The Morgan fingerprint density at radius 3 is 1.77 bits per heavy atom. The highest BCUT2D eigenvalue weighted by molar-refractivity contribution is 5.82. The molecule has 0 fully saturated rings. The molecule has 0 aromatic heterocycles. The van der Waals surface area contributed by atoms with E-state index in [1.807, 2.05) is 19.0 Å². The summed E-state index contributed by atoms with van der Waals surface area (Å²) in [6, 6.07) is 0. The molecule has 0 rings (SSSR count). The third kappa shape index (κ3) is 10.2. The lowest BCUT2D eigenvalue weighted by molar-refractivity contribution is -0.131. The Kier molecular flexibility index (Phi) is 12.6. The van der Waals surface area contributed by atoms with Gasteiger partial charge in [0.2, 0.25) is 5.91 Å². The van der Waals surface area contributed by atoms with Crippen LogP contribution in [-0.4, -0.2) is 31.6 Å². The highest BCUT2D eigenvalue weighted by Crippen LogP contribution is 2.31. The van der Waals surface area contributed by atoms with Crippen LogP contribution in [0.5, 0.6) is 0 Å². The maximum atomic E-state index is 12.6. The van der Waals surface area contributed by atoms with E-state index in [1.165, 1.54) is 57.8 Å². The minimum atomic E-state index is -0.185. The molecule has 0 heterocycles. The quantitative estimate of drug-likeness (QED) is 0.363. The fraction of sp³-hybridized carbons (Fsp3) is 0.947. The van der Waals surface area contributed by atoms with E-state index in [0.717, 1.165) is 12.8 Å². The first-order valence-corrected chi connectivity index (χ1v) is 9.39. The molecule has 0 saturated heterocycles. The Morgan fingerprint density at radius 2 is 1.32 bits per heavy atom. The molecular formula is C19H40N2O. The van der Waals surface area contributed by atoms with E-state index >= 15 is 0 Å². The van der Waals surface area contributed by atoms with Crippen LogP contribution >= 0.6 is 0 Å². The summed E-state index contributed by atoms with van der Waals surface area (Å²) in [6.07, 6.45) is 13.4. The number of carbonyl (C=O) groups excluding carboxylic acids is 1. The Balaban J connectivity index is 4.35. The highest BCUT2D eigenvalue weighted by Gasteiger charge is 2.31. The molecule has 3 nitrogen and oxygen atoms in total. The van der Waals surface area contributed by atoms with Gasteiger partial charge < -0.3 is 5.32 Å². The average molecular weight is 313 g/mol. The van der Waals surface area contributed by atoms with Crippen molar-refractivity contribution < 1.29 is 4.79 Å². The zero-order valence-electron chi connectivity index (χ0n) is 15.8. The lowest BCUT2D eigenvalue weighted by Gasteiger charge is -2.29. The van der Waals surface area contributed by atoms with Crippen molar-refractivity contribution in [1.82, 2.24) is 10.2 Å². The Hall–Kier alpha value is -0.570. The van der Waals surface area contributed by atoms with Gasteiger partial charge in [0.1, 0.15) is 0 Å². The van der Waals surface area contributed by atoms with Crippen LogP contribution in [0.3, 0.4) is 0 Å². The summed E-state index contributed by atoms with van der Waals surface area (Å²) in [5.41, 5.74) is -0.185. The summed E-state index contributed by atoms with van der Waals surface area (Å²) in [6.45, 7) is 7.28. The van der Waals surface area contributed by atoms with Gasteiger partial charge in [0.05, 0.1) is 6.67 Å². The molecule has 1 atom stereocenters. The second-order valence-electron chi connectivity index (χ2n) is 7.28. The minimum Gasteiger partial charge on any atom is -0.343 e. The van der Waals surface area contributed by atoms with Gasteiger partial charge in [-0.15, -0.1) is 0 Å². The van der Waals surface area contributed by atoms with Crippen LogP contribution in [0, 0.1) is 5.41 Å². The standard InChI is InChI=1S/C19H40N2O/c1-6-8-10-12-14-16-19(3,15-13-11-9-7-2)18(22)20-17-21(4)5/h6-17H2,1-5H3,(H,20,22). The topological polar surface area (TPSA) is 32.3 Å². The van der Waals surface area contributed by atoms with Crippen LogP contribution in [0.4, 0.5) is 0 Å². The van der Waals surface area contributed by atoms with Gasteiger partial charge in [-0.3, -0.25) is 9.69 Å². The highest BCUT2D eigenvalue weighted by atomic mass is 16.2. The lowest BCUT2D eigenvalue weighted by Crippen LogP contribution is -2.42. The molecule has 0 bridgehead atoms. The number of nitrogens with one attached hydrogen (secondary N) is 1. The van der Waals surface area contributed by atoms with Gasteiger partial charge in [0, 0.05) is 5.41 Å². The summed E-state index contributed by atoms with van der Waals surface area (Å²) in [4.78, 5) is 14.6. The lowest BCUT2D eigenvalue weighted by atomic mass is 9.79. The molecule has 0 aromatic carbocycles. The Morgan fingerprint density at radius 1 is 0.864 bits per heavy atom. The molecule has 1 unspecified atom stereocenters. The normalized spacial score (nSPS) is 14.1. The molecular weight excluding hydrogens is 272 g/mol. The number of hydrogen-bond donors (Lipinski definition) is 1. The monoisotopic (exact) mass is 312 g/mol. The van der Waals surface area contributed by atoms with Crippen LogP contribution < -0.4 is 5.32 Å². The maximum absolute atomic E-state index is 12.6. The Labute approximate surface area is 139 Å². The number of nitrogens with zero attached hydrogens (tertiary/aromatic N) is 1. The molecule has 0 aromatic rings. The zero-order valence-corrected chi connectivity index (χ0v) is 15.8. The first-order valence-electron chi connectivity index (χ1n) is 9.39. The fourth-order valence-corrected chi connectivity index (χ4v) is 2.86. The summed E-state index contributed by atoms with van der Waals surface area (Å²) >= 11 is 0. The van der Waals surface area contributed by atoms with Crippen LogP contribution in [0.25, 0.3) is 0 Å². The van der Waals surface area contributed by atoms with Gasteiger partial charge in [-0.25, -0.2) is 0 Å². The number of carbonyl (C=O) groups is 1. The molecule has 0 spiro atoms. The summed E-state index contributed by atoms with van der Waals surface area (Å²) < 4.78 is 0. The van der Waals surface area contributed by atoms with E-state index in [9.17, 15) is 4.79 Å². The van der Waals surface area contributed by atoms with E-state index in [0.29, 0.717) is 6.67 Å². The summed E-state index contributed by atoms with van der Waals surface area (Å²) in [5.74, 6) is 0.244. The van der Waals surface area contributed by atoms with Gasteiger partial charge in [-0.1, -0.05) is 78.6 Å². The van der Waals surface area contributed by atoms with Crippen molar-refractivity contribution in [2.45, 2.75) is 91.4 Å². The summed E-state index contributed by atoms with van der Waals surface area (Å²) in [7, 11) is 3.98. The fourth-order valence-electron chi connectivity index (χ4n) is 2.86. The third-order valence-corrected chi connectivity index (χ3v) is 4.52. The van der Waals surface area contributed by atoms with E-state index in [1.54, 1.807) is 0 Å². The SMILES string of the molecule is CCCCCCCC(C)(CCCCCC)C(=O)NCN(C)C. The predicted octanol–water partition coefficient (Wildman–Crippen LogP) is 4.96. The molecule has 1 amide bonds. The van der Waals surface area contributed by atoms with Gasteiger partial charge in [0.25, 0.3) is 0 Å². The average Bonchev–Trinajstić information content (AvgIpc) is 2.49. The number of unbranched alkanes of at least 4 members (excludes halogenated alkanes) is 7. The van der Waals surface area contributed by atoms with Crippen molar-refractivity contribution in [3.8, 4) is 0 Å². The number of amides is 1. The van der Waals surface area contributed by atoms with E-state index in [-0.39, 0.29) is 11.3 Å². The number of rotatable bonds is 14. The van der Waals surface area contributed by atoms with Crippen LogP contribution in [0.1, 0.15) is 91.4 Å². The first kappa shape index (κ1) is 21.4. The van der Waals surface area contributed by atoms with Crippen molar-refractivity contribution >= 4 is 5.91 Å². The molecule has 0 radical (unpaired) electrons. The maximum Gasteiger partial charge on any atom is 0.226 e. The minimum absolute atomic E-state index is 0.185. The molecule has 0 saturated carbocycles. The van der Waals surface area contributed by atoms with Crippen molar-refractivity contribution in [3.63, 3.8) is 0 Å². The molecule has 0 aliphatic heterocycles. The first-order chi connectivity index (χ1) is 10.5. The largest absolute Gasteiger partial charge is 0.343 e. The molecule has 0 aliphatic rings. The smallest absolute Gasteiger partial charge is 0.226 e. The molecule has 3 heteroatoms. The van der Waals surface area contributed by atoms with Crippen molar-refractivity contribution in [1.29, 1.82) is 0 Å². The van der Waals surface area contributed by atoms with E-state index in [4.69, 9.17) is 0 Å². The van der Waals surface area contributed by atoms with Crippen molar-refractivity contribution in [3.05, 3.63) is 0 Å². The second kappa shape index (κ2) is 12.9. The zero-order chi connectivity index (χ0) is 16.8. The van der Waals surface area contributed by atoms with E-state index < -0.39 is 0 Å². The van der Waals surface area contributed by atoms with Crippen LogP contribution in [-0.2, 0) is 4.79 Å². The van der Waals surface area contributed by atoms with Crippen molar-refractivity contribution in [2.24, 2.45) is 5.41 Å². The second-order valence-corrected chi connectivity index (χ2v) is 7.28. The third-order valence-electron chi connectivity index (χ3n) is 4.52. The number of hydrogen-bond acceptors (Lipinski definition) is 2. The Bertz CT molecular complexity index is 279. The molecule has 1 N–H and O–H groups in total. The molecule has 22 heavy (non-hydrogen) atoms. The summed E-state index contributed by atoms with van der Waals surface area (Å²) in [5, 5.41) is 3.10. The van der Waals surface area contributed by atoms with E-state index in [2.05, 4.69) is 26.1 Å². The predicted molar refractivity (Wildman–Crippen MR) is 96.9 cm³/mol. The van der Waals surface area contributed by atoms with Gasteiger partial charge >= 0.3 is 0 Å². The van der Waals surface area contributed by atoms with Crippen molar-refractivity contribution in [2.75, 3.05) is 20.8 Å². The molecule has 0 aliphatic carbocycles. The van der Waals surface area contributed by atoms with Gasteiger partial charge in [-0.05, 0) is 26.9 Å². The molecule has 132 valence electrons. The van der Waals surface area contributed by atoms with Gasteiger partial charge in [0.15, 0.2) is 0 Å². The van der Waals surface area contributed by atoms with Crippen LogP contribution in [0.15, 0.2) is 0 Å². The van der Waals surface area contributed by atoms with Gasteiger partial charge in [-0.2, -0.15) is 0 Å².